The number of rotatable bonds is 19. The number of benzene rings is 2. The van der Waals surface area contributed by atoms with Gasteiger partial charge in [0.05, 0.1) is 45.0 Å². The van der Waals surface area contributed by atoms with Crippen molar-refractivity contribution in [2.75, 3.05) is 26.2 Å². The first kappa shape index (κ1) is 125. The second kappa shape index (κ2) is 56.6. The summed E-state index contributed by atoms with van der Waals surface area (Å²) in [6.45, 7) is 23.1. The van der Waals surface area contributed by atoms with Gasteiger partial charge in [-0.05, 0) is 147 Å². The number of nitrogens with two attached hydrogens (primary N) is 1. The van der Waals surface area contributed by atoms with Crippen LogP contribution < -0.4 is 27.0 Å². The molecular formula is C82H109BCl9F4N16O14S10U. The fourth-order valence-electron chi connectivity index (χ4n) is 14.6. The van der Waals surface area contributed by atoms with Crippen molar-refractivity contribution >= 4 is 302 Å². The number of aliphatic carboxylic acids is 2. The summed E-state index contributed by atoms with van der Waals surface area (Å²) in [5.74, 6) is -2.56. The predicted molar refractivity (Wildman–Crippen MR) is 554 cm³/mol. The van der Waals surface area contributed by atoms with Crippen LogP contribution >= 0.6 is 119 Å². The van der Waals surface area contributed by atoms with Crippen molar-refractivity contribution in [1.29, 1.82) is 2.67 Å². The van der Waals surface area contributed by atoms with Gasteiger partial charge in [-0.2, -0.15) is 23.7 Å². The molecule has 4 aliphatic heterocycles. The average Bonchev–Trinajstić information content (AvgIpc) is 1.61. The molecule has 6 amide bonds. The minimum atomic E-state index is -1.33. The Labute approximate surface area is 912 Å². The molecule has 0 spiro atoms. The first-order valence-electron chi connectivity index (χ1n) is 42.4. The van der Waals surface area contributed by atoms with Gasteiger partial charge >= 0.3 is 24.1 Å². The van der Waals surface area contributed by atoms with Crippen molar-refractivity contribution in [3.63, 3.8) is 0 Å². The number of Topliss-reactive ketones (excluding diaryl/α,β-unsaturated/α-hetero) is 2. The summed E-state index contributed by atoms with van der Waals surface area (Å²) >= 11 is 71.6. The molecule has 8 heterocycles. The molecule has 137 heavy (non-hydrogen) atoms. The van der Waals surface area contributed by atoms with Crippen LogP contribution in [0.25, 0.3) is 44.1 Å². The average molecular weight is 2510 g/mol. The molecule has 759 valence electrons. The van der Waals surface area contributed by atoms with Gasteiger partial charge in [-0.15, -0.1) is 105 Å². The largest absolute Gasteiger partial charge is 0.480 e. The van der Waals surface area contributed by atoms with E-state index in [9.17, 15) is 65.5 Å². The zero-order valence-electron chi connectivity index (χ0n) is 78.4. The quantitative estimate of drug-likeness (QED) is 0.0171. The summed E-state index contributed by atoms with van der Waals surface area (Å²) in [4.78, 5) is 140. The maximum atomic E-state index is 14.4. The molecule has 4 saturated carbocycles. The van der Waals surface area contributed by atoms with Crippen molar-refractivity contribution in [2.24, 2.45) is 29.4 Å². The molecule has 8 fully saturated rings. The van der Waals surface area contributed by atoms with E-state index in [4.69, 9.17) is 121 Å². The number of likely N-dealkylation sites (tertiary alicyclic amines) is 3. The molecule has 1 radical (unpaired) electrons. The number of ether oxygens (including phenoxy) is 2. The second-order valence-electron chi connectivity index (χ2n) is 34.8. The Morgan fingerprint density at radius 1 is 0.555 bits per heavy atom. The summed E-state index contributed by atoms with van der Waals surface area (Å²) in [5, 5.41) is 38.8. The first-order chi connectivity index (χ1) is 63.2. The maximum Gasteiger partial charge on any atom is 0.411 e. The molecule has 4 aromatic heterocycles. The Bertz CT molecular complexity index is 5350. The topological polar surface area (TPSA) is 401 Å². The fourth-order valence-corrected chi connectivity index (χ4v) is 17.5. The van der Waals surface area contributed by atoms with E-state index in [1.807, 2.05) is 38.1 Å². The van der Waals surface area contributed by atoms with Gasteiger partial charge in [0.25, 0.3) is 0 Å². The van der Waals surface area contributed by atoms with Gasteiger partial charge in [0.2, 0.25) is 23.6 Å². The number of nitrogens with zero attached hydrogens (tertiary/aromatic N) is 11. The van der Waals surface area contributed by atoms with Crippen molar-refractivity contribution in [3.05, 3.63) is 84.2 Å². The van der Waals surface area contributed by atoms with Gasteiger partial charge in [-0.25, -0.2) is 51.9 Å². The third kappa shape index (κ3) is 39.3. The number of aryl methyl sites for hydroxylation is 2. The molecule has 6 aromatic rings. The third-order valence-electron chi connectivity index (χ3n) is 21.7. The molecule has 8 aliphatic rings. The Morgan fingerprint density at radius 3 is 1.15 bits per heavy atom. The van der Waals surface area contributed by atoms with Gasteiger partial charge in [-0.1, -0.05) is 12.1 Å². The van der Waals surface area contributed by atoms with Crippen LogP contribution in [-0.2, 0) is 145 Å². The molecule has 2 aromatic carbocycles. The van der Waals surface area contributed by atoms with E-state index < -0.39 is 119 Å². The van der Waals surface area contributed by atoms with E-state index in [2.05, 4.69) is 119 Å². The van der Waals surface area contributed by atoms with E-state index >= 15 is 0 Å². The zero-order chi connectivity index (χ0) is 103. The monoisotopic (exact) mass is 2510 g/mol. The number of hydrogen-bond donors (Lipinski definition) is 7. The minimum Gasteiger partial charge on any atom is -0.480 e. The minimum absolute atomic E-state index is 0. The van der Waals surface area contributed by atoms with Gasteiger partial charge < -0.3 is 51.6 Å². The summed E-state index contributed by atoms with van der Waals surface area (Å²) < 4.78 is 75.7. The van der Waals surface area contributed by atoms with E-state index in [-0.39, 0.29) is 193 Å². The van der Waals surface area contributed by atoms with Crippen LogP contribution in [0.3, 0.4) is 0 Å². The van der Waals surface area contributed by atoms with E-state index in [1.165, 1.54) is 45.9 Å². The van der Waals surface area contributed by atoms with Crippen LogP contribution in [0.2, 0.25) is 0 Å². The molecule has 14 rings (SSSR count). The number of carboxylic acids is 2. The number of nitrogens with one attached hydrogen (secondary N) is 4. The van der Waals surface area contributed by atoms with Crippen molar-refractivity contribution in [2.45, 2.75) is 263 Å². The molecule has 4 saturated heterocycles. The maximum absolute atomic E-state index is 14.4. The Balaban J connectivity index is 0.000000572. The third-order valence-corrected chi connectivity index (χ3v) is 27.4. The van der Waals surface area contributed by atoms with Gasteiger partial charge in [0, 0.05) is 265 Å². The molecule has 16 atom stereocenters. The van der Waals surface area contributed by atoms with Crippen LogP contribution in [0.5, 0.6) is 0 Å². The van der Waals surface area contributed by atoms with Crippen molar-refractivity contribution < 1.29 is 116 Å². The van der Waals surface area contributed by atoms with Crippen molar-refractivity contribution in [1.82, 2.24) is 75.5 Å². The van der Waals surface area contributed by atoms with Crippen LogP contribution in [-0.4, -0.2) is 262 Å². The predicted octanol–water partition coefficient (Wildman–Crippen LogP) is 12.7. The fraction of sp³-hybridized carbons (Fsp3) is 0.610. The number of aromatic nitrogens is 8. The second-order valence-corrected chi connectivity index (χ2v) is 46.2. The van der Waals surface area contributed by atoms with Gasteiger partial charge in [0.15, 0.2) is 11.6 Å². The van der Waals surface area contributed by atoms with Crippen LogP contribution in [0.15, 0.2) is 61.2 Å². The number of carbonyl (C=O) groups excluding carboxylic acids is 8. The molecular weight excluding hydrogens is 2400 g/mol. The number of hydrogen-bond acceptors (Lipinski definition) is 26. The number of carboxylic acid groups (broad SMARTS) is 2. The molecule has 0 bridgehead atoms. The number of fused-ring (bicyclic) bond motifs is 2. The zero-order valence-corrected chi connectivity index (χ0v) is 95.8. The van der Waals surface area contributed by atoms with E-state index in [0.717, 1.165) is 47.4 Å². The SMILES string of the molecule is CC(=O)c1nn(CC(=O)N2C[C@H](F)C[C@H]2C(=O)N[C@H](C)[C@H]2CC2(Cl)Cl)c2ccc(-c3cnc(C)nc3)cc12.CC(=O)c1nn(CC(=O)O)c2ccc(-c3cnc(C)nc3)cc12.CC(C)(C)OC(=O)N1C[C@H](F)C[C@H]1C(=O)O.C[C@@H](N)[C@H]1CC1(Cl)Cl.C[C@@H](NC(=O)[C@@H]1C[C@@H](F)CN1)[C@H]1CC1(Cl)Cl.C[C@@H](NC(=O)[C@@H]1C[C@@H](F)CN1C(=O)OC(C)(C)C)[C@H]1CC1(Cl)Cl.Cl.S.S=S.S=S=S.S=S=S=S.[3H][B][3H].[U]. The number of alkyl halides is 12. The standard InChI is InChI=1S/C26H27Cl2FN6O3.C16H14N4O3.C15H23Cl2FN2O3.C10H15Cl2FN2O.C10H16FNO4.C5H9Cl2N.BH2.ClH.S4.S3.S2.H2S.U/c1-13(20-8-26(20,27)28)32-25(38)22-7-18(29)11-34(22)23(37)12-35-21-5-4-16(17-9-30-15(3)31-10-17)6-19(21)24(33-35)14(2)36;1-9(21)16-13-5-11(12-6-17-10(2)18-7-12)3-4-14(13)20(19-16)8-15(22)23;1-8(10-6-15(10,16)17)19-12(21)11-5-9(18)7-20(11)13(22)23-14(2,3)4;1-5(7-3-10(7,11)12)15-9(16)8-2-6(13)4-14-8;1-10(2,3)16-9(15)12-5-6(11)4-7(12)8(13)14;1-3(8)4-2-5(4,6)7;;;1-3-4-2;1-3-2;1-2;;/h4-6,9-10,13,18,20,22H,7-8,11-12H2,1-3H3,(H,32,38);3-7H,8H2,1-2H3,(H,22,23);8-11H,5-7H2,1-4H3,(H,19,21);5-8,14H,2-4H2,1H3,(H,15,16);6-7H,4-5H2,1-3H3,(H,13,14);3-4H,2,8H2,1H3;1H2;1H;;;;1H2;/t13-,18-,20-,22+;;8-,9-,10-,11+;5-,6-,7-,8+;6-,7+;3-,4-;;;;;;;/m1.1111......./s1/i;;;;;;1T2;;;;;;. The molecule has 8 N–H and O–H groups in total. The summed E-state index contributed by atoms with van der Waals surface area (Å²) in [7, 11) is 3.76. The Hall–Kier alpha value is -4.06. The molecule has 55 heteroatoms. The van der Waals surface area contributed by atoms with E-state index in [1.54, 1.807) is 106 Å². The summed E-state index contributed by atoms with van der Waals surface area (Å²) in [5.41, 5.74) is 8.97. The first-order valence-corrected chi connectivity index (χ1v) is 52.3. The number of ketones is 2. The smallest absolute Gasteiger partial charge is 0.411 e. The Kier molecular flexibility index (Phi) is 51.7. The van der Waals surface area contributed by atoms with Crippen LogP contribution in [0.4, 0.5) is 27.2 Å². The molecule has 4 aliphatic carbocycles. The van der Waals surface area contributed by atoms with Crippen LogP contribution in [0.1, 0.15) is 167 Å². The van der Waals surface area contributed by atoms with Gasteiger partial charge in [0.1, 0.15) is 107 Å². The molecule has 0 unspecified atom stereocenters. The van der Waals surface area contributed by atoms with Crippen LogP contribution in [0, 0.1) is 68.6 Å². The molecule has 30 nitrogen and oxygen atoms in total. The Morgan fingerprint density at radius 2 is 0.869 bits per heavy atom. The van der Waals surface area contributed by atoms with E-state index in [0.29, 0.717) is 67.0 Å². The van der Waals surface area contributed by atoms with Crippen molar-refractivity contribution in [3.8, 4) is 22.3 Å². The normalized spacial score (nSPS) is 23.3. The summed E-state index contributed by atoms with van der Waals surface area (Å²) in [6, 6.07) is 6.97. The summed E-state index contributed by atoms with van der Waals surface area (Å²) in [6.07, 6.45) is 3.21. The number of halogens is 13. The number of amides is 6. The number of carbonyl (C=O) groups is 10. The van der Waals surface area contributed by atoms with Gasteiger partial charge in [-0.3, -0.25) is 52.7 Å².